The van der Waals surface area contributed by atoms with Crippen LogP contribution < -0.4 is 20.7 Å². The van der Waals surface area contributed by atoms with Crippen molar-refractivity contribution < 1.29 is 27.8 Å². The summed E-state index contributed by atoms with van der Waals surface area (Å²) in [6.45, 7) is 3.80. The van der Waals surface area contributed by atoms with Crippen molar-refractivity contribution in [3.63, 3.8) is 0 Å². The fraction of sp³-hybridized carbons (Fsp3) is 0.321. The molecular weight excluding hydrogens is 584 g/mol. The molecule has 3 heterocycles. The largest absolute Gasteiger partial charge is 0.495 e. The zero-order valence-corrected chi connectivity index (χ0v) is 25.1. The first-order valence-corrected chi connectivity index (χ1v) is 14.0. The topological polar surface area (TPSA) is 139 Å². The Labute approximate surface area is 248 Å². The van der Waals surface area contributed by atoms with E-state index in [1.807, 2.05) is 19.9 Å². The summed E-state index contributed by atoms with van der Waals surface area (Å²) in [5.41, 5.74) is 0.601. The lowest BCUT2D eigenvalue weighted by molar-refractivity contribution is -0.137. The minimum atomic E-state index is -4.80. The Morgan fingerprint density at radius 3 is 2.49 bits per heavy atom. The molecule has 0 radical (unpaired) electrons. The number of aliphatic hydroxyl groups is 1. The van der Waals surface area contributed by atoms with Crippen molar-refractivity contribution in [2.75, 3.05) is 31.4 Å². The van der Waals surface area contributed by atoms with E-state index < -0.39 is 29.0 Å². The molecule has 0 aliphatic heterocycles. The van der Waals surface area contributed by atoms with Gasteiger partial charge in [0.15, 0.2) is 5.69 Å². The molecule has 1 amide bonds. The van der Waals surface area contributed by atoms with Gasteiger partial charge in [0.1, 0.15) is 17.1 Å². The first-order valence-electron chi connectivity index (χ1n) is 13.1. The van der Waals surface area contributed by atoms with E-state index in [0.717, 1.165) is 5.56 Å². The maximum Gasteiger partial charge on any atom is 0.421 e. The third-order valence-corrected chi connectivity index (χ3v) is 7.13. The van der Waals surface area contributed by atoms with Gasteiger partial charge in [-0.3, -0.25) is 9.48 Å². The van der Waals surface area contributed by atoms with E-state index in [4.69, 9.17) is 4.74 Å². The number of hydrogen-bond acceptors (Lipinski definition) is 9. The minimum Gasteiger partial charge on any atom is -0.495 e. The van der Waals surface area contributed by atoms with Crippen LogP contribution in [0.15, 0.2) is 48.9 Å². The van der Waals surface area contributed by atoms with Crippen LogP contribution in [0.25, 0.3) is 11.3 Å². The van der Waals surface area contributed by atoms with Crippen LogP contribution in [0.1, 0.15) is 41.9 Å². The lowest BCUT2D eigenvalue weighted by Crippen LogP contribution is -2.27. The van der Waals surface area contributed by atoms with Crippen molar-refractivity contribution in [3.8, 4) is 17.0 Å². The first kappa shape index (κ1) is 31.6. The number of amides is 1. The zero-order chi connectivity index (χ0) is 31.4. The number of pyridine rings is 1. The second-order valence-electron chi connectivity index (χ2n) is 10.1. The molecule has 0 saturated heterocycles. The van der Waals surface area contributed by atoms with Crippen LogP contribution in [-0.4, -0.2) is 56.5 Å². The molecule has 11 nitrogen and oxygen atoms in total. The van der Waals surface area contributed by atoms with Gasteiger partial charge in [-0.1, -0.05) is 6.07 Å². The molecule has 0 saturated carbocycles. The van der Waals surface area contributed by atoms with Crippen LogP contribution >= 0.6 is 9.24 Å². The smallest absolute Gasteiger partial charge is 0.421 e. The molecule has 4 aromatic rings. The van der Waals surface area contributed by atoms with Gasteiger partial charge in [0.2, 0.25) is 5.95 Å². The molecule has 1 atom stereocenters. The molecule has 1 aromatic carbocycles. The fourth-order valence-corrected chi connectivity index (χ4v) is 4.40. The van der Waals surface area contributed by atoms with Gasteiger partial charge >= 0.3 is 6.18 Å². The second-order valence-corrected chi connectivity index (χ2v) is 10.5. The Kier molecular flexibility index (Phi) is 9.51. The Hall–Kier alpha value is -4.29. The predicted molar refractivity (Wildman–Crippen MR) is 160 cm³/mol. The molecule has 0 bridgehead atoms. The Morgan fingerprint density at radius 1 is 1.09 bits per heavy atom. The third kappa shape index (κ3) is 7.20. The first-order chi connectivity index (χ1) is 20.4. The van der Waals surface area contributed by atoms with E-state index in [9.17, 15) is 23.1 Å². The van der Waals surface area contributed by atoms with Gasteiger partial charge in [0.25, 0.3) is 5.91 Å². The number of hydrogen-bond donors (Lipinski definition) is 4. The number of carbonyl (C=O) groups is 1. The number of halogens is 3. The van der Waals surface area contributed by atoms with Crippen LogP contribution in [0.5, 0.6) is 5.75 Å². The number of nitrogens with one attached hydrogen (secondary N) is 3. The van der Waals surface area contributed by atoms with Crippen LogP contribution in [0.3, 0.4) is 0 Å². The van der Waals surface area contributed by atoms with Gasteiger partial charge in [-0.05, 0) is 56.3 Å². The molecular formula is C28H32F3N8O3P. The maximum atomic E-state index is 14.0. The fourth-order valence-electron chi connectivity index (χ4n) is 4.15. The molecule has 15 heteroatoms. The summed E-state index contributed by atoms with van der Waals surface area (Å²) in [5.74, 6) is -0.875. The van der Waals surface area contributed by atoms with Gasteiger partial charge in [-0.2, -0.15) is 23.3 Å². The zero-order valence-electron chi connectivity index (χ0n) is 24.0. The van der Waals surface area contributed by atoms with E-state index in [2.05, 4.69) is 45.2 Å². The minimum absolute atomic E-state index is 0.00590. The van der Waals surface area contributed by atoms with Crippen LogP contribution in [0.2, 0.25) is 0 Å². The molecule has 228 valence electrons. The number of aromatic nitrogens is 5. The average molecular weight is 617 g/mol. The van der Waals surface area contributed by atoms with Crippen LogP contribution in [0, 0.1) is 0 Å². The van der Waals surface area contributed by atoms with Crippen molar-refractivity contribution in [1.29, 1.82) is 0 Å². The summed E-state index contributed by atoms with van der Waals surface area (Å²) in [4.78, 5) is 25.2. The van der Waals surface area contributed by atoms with Gasteiger partial charge < -0.3 is 25.8 Å². The van der Waals surface area contributed by atoms with E-state index >= 15 is 0 Å². The average Bonchev–Trinajstić information content (AvgIpc) is 3.48. The highest BCUT2D eigenvalue weighted by Crippen LogP contribution is 2.37. The number of alkyl halides is 3. The standard InChI is InChI=1S/C28H32F3N8O3P/c1-27(2,9-10-40)39-14-17(12-34-39)19-7-8-21(23(35-19)25(41)32-3)36-24-18(28(29,30)31)13-33-26(38-24)37-20-6-5-16(15-43)11-22(20)42-4/h5-8,11-14,40H,9-10,15,43H2,1-4H3,(H,32,41)(H2,33,36,37,38). The number of aliphatic hydroxyl groups excluding tert-OH is 1. The van der Waals surface area contributed by atoms with Gasteiger partial charge in [0.05, 0.1) is 35.9 Å². The highest BCUT2D eigenvalue weighted by Gasteiger charge is 2.36. The van der Waals surface area contributed by atoms with E-state index in [1.54, 1.807) is 35.3 Å². The van der Waals surface area contributed by atoms with Gasteiger partial charge in [-0.25, -0.2) is 9.97 Å². The summed E-state index contributed by atoms with van der Waals surface area (Å²) in [6.07, 6.45) is 0.295. The maximum absolute atomic E-state index is 14.0. The summed E-state index contributed by atoms with van der Waals surface area (Å²) >= 11 is 0. The van der Waals surface area contributed by atoms with Crippen molar-refractivity contribution in [2.24, 2.45) is 0 Å². The van der Waals surface area contributed by atoms with E-state index in [-0.39, 0.29) is 23.9 Å². The molecule has 4 rings (SSSR count). The van der Waals surface area contributed by atoms with Crippen LogP contribution in [-0.2, 0) is 17.9 Å². The normalized spacial score (nSPS) is 11.7. The Morgan fingerprint density at radius 2 is 1.84 bits per heavy atom. The predicted octanol–water partition coefficient (Wildman–Crippen LogP) is 5.10. The monoisotopic (exact) mass is 616 g/mol. The molecule has 43 heavy (non-hydrogen) atoms. The van der Waals surface area contributed by atoms with E-state index in [1.165, 1.54) is 20.2 Å². The molecule has 0 aliphatic carbocycles. The van der Waals surface area contributed by atoms with E-state index in [0.29, 0.717) is 41.5 Å². The molecule has 1 unspecified atom stereocenters. The number of methoxy groups -OCH3 is 1. The van der Waals surface area contributed by atoms with Crippen molar-refractivity contribution in [1.82, 2.24) is 30.0 Å². The highest BCUT2D eigenvalue weighted by molar-refractivity contribution is 7.15. The number of carbonyl (C=O) groups excluding carboxylic acids is 1. The second kappa shape index (κ2) is 12.9. The number of anilines is 4. The molecule has 3 aromatic heterocycles. The SMILES string of the molecule is CNC(=O)c1nc(-c2cnn(C(C)(C)CCO)c2)ccc1Nc1nc(Nc2ccc(CP)cc2OC)ncc1C(F)(F)F. The summed E-state index contributed by atoms with van der Waals surface area (Å²) in [5, 5.41) is 21.8. The molecule has 4 N–H and O–H groups in total. The number of benzene rings is 1. The molecule has 0 spiro atoms. The summed E-state index contributed by atoms with van der Waals surface area (Å²) < 4.78 is 49.1. The lowest BCUT2D eigenvalue weighted by Gasteiger charge is -2.24. The van der Waals surface area contributed by atoms with Crippen molar-refractivity contribution in [3.05, 3.63) is 65.7 Å². The summed E-state index contributed by atoms with van der Waals surface area (Å²) in [6, 6.07) is 8.34. The van der Waals surface area contributed by atoms with Gasteiger partial charge in [0, 0.05) is 31.6 Å². The number of ether oxygens (including phenoxy) is 1. The highest BCUT2D eigenvalue weighted by atomic mass is 31.0. The Bertz CT molecular complexity index is 1610. The van der Waals surface area contributed by atoms with Gasteiger partial charge in [-0.15, -0.1) is 9.24 Å². The number of rotatable bonds is 11. The molecule has 0 aliphatic rings. The third-order valence-electron chi connectivity index (χ3n) is 6.65. The van der Waals surface area contributed by atoms with Crippen molar-refractivity contribution >= 4 is 38.3 Å². The van der Waals surface area contributed by atoms with Crippen LogP contribution in [0.4, 0.5) is 36.3 Å². The van der Waals surface area contributed by atoms with Crippen molar-refractivity contribution in [2.45, 2.75) is 38.1 Å². The molecule has 0 fully saturated rings. The summed E-state index contributed by atoms with van der Waals surface area (Å²) in [7, 11) is 5.47. The Balaban J connectivity index is 1.72. The lowest BCUT2D eigenvalue weighted by atomic mass is 10.0. The number of nitrogens with zero attached hydrogens (tertiary/aromatic N) is 5. The quantitative estimate of drug-likeness (QED) is 0.170.